The Morgan fingerprint density at radius 3 is 2.00 bits per heavy atom. The fourth-order valence-corrected chi connectivity index (χ4v) is 3.49. The van der Waals surface area contributed by atoms with Crippen LogP contribution in [0.25, 0.3) is 5.57 Å². The molecule has 5 nitrogen and oxygen atoms in total. The number of hydrogen-bond donors (Lipinski definition) is 1. The molecule has 5 heteroatoms. The first kappa shape index (κ1) is 24.4. The third-order valence-electron chi connectivity index (χ3n) is 5.27. The Kier molecular flexibility index (Phi) is 8.69. The summed E-state index contributed by atoms with van der Waals surface area (Å²) in [4.78, 5) is 16.9. The van der Waals surface area contributed by atoms with Gasteiger partial charge in [0.2, 0.25) is 0 Å². The van der Waals surface area contributed by atoms with E-state index in [0.29, 0.717) is 12.3 Å². The van der Waals surface area contributed by atoms with Gasteiger partial charge in [-0.15, -0.1) is 0 Å². The topological polar surface area (TPSA) is 77.0 Å². The Bertz CT molecular complexity index is 1150. The third-order valence-corrected chi connectivity index (χ3v) is 5.27. The number of hydrogen-bond acceptors (Lipinski definition) is 5. The minimum atomic E-state index is -0.344. The first-order chi connectivity index (χ1) is 16.5. The number of allylic oxidation sites excluding steroid dienone is 2. The van der Waals surface area contributed by atoms with Crippen molar-refractivity contribution in [2.24, 2.45) is 15.9 Å². The molecule has 1 unspecified atom stereocenters. The molecule has 3 aromatic rings. The monoisotopic (exact) mass is 451 g/mol. The molecule has 1 atom stereocenters. The number of ether oxygens (including phenoxy) is 1. The van der Waals surface area contributed by atoms with Crippen molar-refractivity contribution in [3.05, 3.63) is 126 Å². The smallest absolute Gasteiger partial charge is 0.313 e. The lowest BCUT2D eigenvalue weighted by molar-refractivity contribution is -0.144. The molecular weight excluding hydrogens is 422 g/mol. The lowest BCUT2D eigenvalue weighted by Crippen LogP contribution is -2.12. The van der Waals surface area contributed by atoms with Gasteiger partial charge in [0.25, 0.3) is 0 Å². The Morgan fingerprint density at radius 1 is 0.941 bits per heavy atom. The minimum Gasteiger partial charge on any atom is -0.466 e. The molecule has 0 bridgehead atoms. The summed E-state index contributed by atoms with van der Waals surface area (Å²) >= 11 is 0. The first-order valence-corrected chi connectivity index (χ1v) is 11.1. The Balaban J connectivity index is 1.93. The van der Waals surface area contributed by atoms with Crippen LogP contribution in [0.3, 0.4) is 0 Å². The minimum absolute atomic E-state index is 0.244. The first-order valence-electron chi connectivity index (χ1n) is 11.1. The predicted octanol–water partition coefficient (Wildman–Crippen LogP) is 5.73. The summed E-state index contributed by atoms with van der Waals surface area (Å²) < 4.78 is 5.12. The van der Waals surface area contributed by atoms with E-state index >= 15 is 0 Å². The predicted molar refractivity (Wildman–Crippen MR) is 140 cm³/mol. The van der Waals surface area contributed by atoms with Crippen LogP contribution >= 0.6 is 0 Å². The van der Waals surface area contributed by atoms with E-state index in [-0.39, 0.29) is 11.9 Å². The molecule has 172 valence electrons. The van der Waals surface area contributed by atoms with Gasteiger partial charge in [0.05, 0.1) is 30.1 Å². The molecular formula is C29H29N3O2. The van der Waals surface area contributed by atoms with Gasteiger partial charge in [0.15, 0.2) is 0 Å². The summed E-state index contributed by atoms with van der Waals surface area (Å²) in [6.45, 7) is 8.14. The van der Waals surface area contributed by atoms with E-state index in [1.807, 2.05) is 97.9 Å². The number of carbonyl (C=O) groups excluding carboxylic acids is 1. The molecule has 0 radical (unpaired) electrons. The highest BCUT2D eigenvalue weighted by Crippen LogP contribution is 2.22. The molecule has 0 spiro atoms. The van der Waals surface area contributed by atoms with Gasteiger partial charge in [-0.3, -0.25) is 4.79 Å². The van der Waals surface area contributed by atoms with E-state index < -0.39 is 0 Å². The maximum atomic E-state index is 12.0. The number of hydrazone groups is 1. The summed E-state index contributed by atoms with van der Waals surface area (Å²) in [6.07, 6.45) is 3.40. The Hall–Kier alpha value is -4.25. The molecule has 3 aromatic carbocycles. The highest BCUT2D eigenvalue weighted by atomic mass is 16.5. The summed E-state index contributed by atoms with van der Waals surface area (Å²) in [6, 6.07) is 27.6. The molecule has 0 saturated heterocycles. The molecule has 3 rings (SSSR count). The summed E-state index contributed by atoms with van der Waals surface area (Å²) in [5.41, 5.74) is 5.88. The maximum absolute atomic E-state index is 12.0. The third kappa shape index (κ3) is 6.39. The Morgan fingerprint density at radius 2 is 1.50 bits per heavy atom. The van der Waals surface area contributed by atoms with E-state index in [9.17, 15) is 4.79 Å². The van der Waals surface area contributed by atoms with Crippen LogP contribution in [0.15, 0.2) is 113 Å². The van der Waals surface area contributed by atoms with Gasteiger partial charge >= 0.3 is 5.97 Å². The fraction of sp³-hybridized carbons (Fsp3) is 0.138. The molecule has 34 heavy (non-hydrogen) atoms. The second-order valence-corrected chi connectivity index (χ2v) is 7.66. The van der Waals surface area contributed by atoms with Crippen LogP contribution in [0.2, 0.25) is 0 Å². The van der Waals surface area contributed by atoms with Crippen molar-refractivity contribution >= 4 is 23.5 Å². The Labute approximate surface area is 201 Å². The van der Waals surface area contributed by atoms with Crippen LogP contribution in [-0.4, -0.2) is 24.5 Å². The van der Waals surface area contributed by atoms with Crippen molar-refractivity contribution in [2.75, 3.05) is 6.61 Å². The van der Waals surface area contributed by atoms with Crippen molar-refractivity contribution < 1.29 is 9.53 Å². The summed E-state index contributed by atoms with van der Waals surface area (Å²) in [5, 5.41) is 3.71. The van der Waals surface area contributed by atoms with Crippen LogP contribution in [0, 0.1) is 0 Å². The van der Waals surface area contributed by atoms with Crippen LogP contribution < -0.4 is 5.84 Å². The van der Waals surface area contributed by atoms with E-state index in [1.54, 1.807) is 13.1 Å². The molecule has 0 saturated carbocycles. The average molecular weight is 452 g/mol. The van der Waals surface area contributed by atoms with Gasteiger partial charge in [0.1, 0.15) is 0 Å². The van der Waals surface area contributed by atoms with Gasteiger partial charge in [-0.25, -0.2) is 4.99 Å². The summed E-state index contributed by atoms with van der Waals surface area (Å²) in [5.74, 6) is 4.89. The SMILES string of the molecule is C=C(/C=C(\C=N/N)c1ccc(C(C)C(=O)OCC)cc1)N=C(c1ccccc1)c1ccccc1. The van der Waals surface area contributed by atoms with E-state index in [2.05, 4.69) is 11.7 Å². The largest absolute Gasteiger partial charge is 0.466 e. The highest BCUT2D eigenvalue weighted by Gasteiger charge is 2.16. The van der Waals surface area contributed by atoms with Crippen molar-refractivity contribution in [1.29, 1.82) is 0 Å². The van der Waals surface area contributed by atoms with Crippen LogP contribution in [0.1, 0.15) is 42.0 Å². The molecule has 0 heterocycles. The van der Waals surface area contributed by atoms with Gasteiger partial charge in [-0.2, -0.15) is 5.10 Å². The van der Waals surface area contributed by atoms with Crippen molar-refractivity contribution in [1.82, 2.24) is 0 Å². The van der Waals surface area contributed by atoms with Gasteiger partial charge in [-0.05, 0) is 31.1 Å². The van der Waals surface area contributed by atoms with Gasteiger partial charge < -0.3 is 10.6 Å². The lowest BCUT2D eigenvalue weighted by atomic mass is 9.97. The van der Waals surface area contributed by atoms with E-state index in [0.717, 1.165) is 33.5 Å². The molecule has 0 aliphatic carbocycles. The fourth-order valence-electron chi connectivity index (χ4n) is 3.49. The molecule has 0 aliphatic heterocycles. The second kappa shape index (κ2) is 12.1. The number of nitrogens with zero attached hydrogens (tertiary/aromatic N) is 2. The number of nitrogens with two attached hydrogens (primary N) is 1. The second-order valence-electron chi connectivity index (χ2n) is 7.66. The van der Waals surface area contributed by atoms with Crippen molar-refractivity contribution in [2.45, 2.75) is 19.8 Å². The van der Waals surface area contributed by atoms with Crippen molar-refractivity contribution in [3.8, 4) is 0 Å². The number of carbonyl (C=O) groups is 1. The molecule has 0 aromatic heterocycles. The lowest BCUT2D eigenvalue weighted by Gasteiger charge is -2.12. The van der Waals surface area contributed by atoms with Crippen LogP contribution in [0.5, 0.6) is 0 Å². The average Bonchev–Trinajstić information content (AvgIpc) is 2.88. The molecule has 0 aliphatic rings. The number of rotatable bonds is 9. The molecule has 0 fully saturated rings. The van der Waals surface area contributed by atoms with E-state index in [1.165, 1.54) is 0 Å². The standard InChI is InChI=1S/C29H29N3O2/c1-4-34-29(33)22(3)23-15-17-24(18-16-23)27(20-31-30)19-21(2)32-28(25-11-7-5-8-12-25)26-13-9-6-10-14-26/h5-20,22H,2,4,30H2,1,3H3/b27-19+,31-20-. The molecule has 2 N–H and O–H groups in total. The van der Waals surface area contributed by atoms with Crippen LogP contribution in [-0.2, 0) is 9.53 Å². The van der Waals surface area contributed by atoms with Crippen LogP contribution in [0.4, 0.5) is 0 Å². The zero-order valence-electron chi connectivity index (χ0n) is 19.5. The number of benzene rings is 3. The normalized spacial score (nSPS) is 12.2. The van der Waals surface area contributed by atoms with Gasteiger partial charge in [0, 0.05) is 16.7 Å². The van der Waals surface area contributed by atoms with Crippen molar-refractivity contribution in [3.63, 3.8) is 0 Å². The number of aliphatic imine (C=N–C) groups is 1. The highest BCUT2D eigenvalue weighted by molar-refractivity contribution is 6.14. The quantitative estimate of drug-likeness (QED) is 0.148. The molecule has 0 amide bonds. The van der Waals surface area contributed by atoms with E-state index in [4.69, 9.17) is 15.6 Å². The zero-order valence-corrected chi connectivity index (χ0v) is 19.5. The zero-order chi connectivity index (χ0) is 24.3. The summed E-state index contributed by atoms with van der Waals surface area (Å²) in [7, 11) is 0. The maximum Gasteiger partial charge on any atom is 0.313 e. The van der Waals surface area contributed by atoms with Gasteiger partial charge in [-0.1, -0.05) is 91.5 Å². The number of esters is 1.